The van der Waals surface area contributed by atoms with Gasteiger partial charge in [-0.15, -0.1) is 22.0 Å². The SMILES string of the molecule is CSc1ccccc1NC(=O)CSc1nnc(N/N=C/c2cccc(Cl)c2)n1N. The summed E-state index contributed by atoms with van der Waals surface area (Å²) in [5.74, 6) is 6.20. The van der Waals surface area contributed by atoms with Crippen LogP contribution in [0.25, 0.3) is 0 Å². The average molecular weight is 448 g/mol. The molecule has 4 N–H and O–H groups in total. The lowest BCUT2D eigenvalue weighted by atomic mass is 10.2. The fourth-order valence-electron chi connectivity index (χ4n) is 2.27. The number of nitrogens with zero attached hydrogens (tertiary/aromatic N) is 4. The second-order valence-corrected chi connectivity index (χ2v) is 7.87. The van der Waals surface area contributed by atoms with E-state index in [1.165, 1.54) is 16.4 Å². The van der Waals surface area contributed by atoms with Crippen molar-refractivity contribution in [3.8, 4) is 0 Å². The summed E-state index contributed by atoms with van der Waals surface area (Å²) >= 11 is 8.68. The molecule has 3 aromatic rings. The van der Waals surface area contributed by atoms with E-state index >= 15 is 0 Å². The van der Waals surface area contributed by atoms with E-state index in [1.807, 2.05) is 42.7 Å². The molecule has 1 amide bonds. The van der Waals surface area contributed by atoms with Crippen molar-refractivity contribution in [2.75, 3.05) is 28.6 Å². The van der Waals surface area contributed by atoms with Gasteiger partial charge in [0, 0.05) is 9.92 Å². The highest BCUT2D eigenvalue weighted by atomic mass is 35.5. The minimum absolute atomic E-state index is 0.143. The number of thioether (sulfide) groups is 2. The zero-order chi connectivity index (χ0) is 20.6. The zero-order valence-corrected chi connectivity index (χ0v) is 17.8. The van der Waals surface area contributed by atoms with Crippen LogP contribution in [0.4, 0.5) is 11.6 Å². The number of nitrogen functional groups attached to an aromatic ring is 1. The van der Waals surface area contributed by atoms with Crippen molar-refractivity contribution in [3.63, 3.8) is 0 Å². The monoisotopic (exact) mass is 447 g/mol. The molecule has 150 valence electrons. The standard InChI is InChI=1S/C18H18ClN7OS2/c1-28-15-8-3-2-7-14(15)22-16(27)11-29-18-25-24-17(26(18)20)23-21-10-12-5-4-6-13(19)9-12/h2-10H,11,20H2,1H3,(H,22,27)(H,23,24)/b21-10+. The van der Waals surface area contributed by atoms with E-state index in [-0.39, 0.29) is 17.6 Å². The van der Waals surface area contributed by atoms with Gasteiger partial charge in [-0.2, -0.15) is 5.10 Å². The van der Waals surface area contributed by atoms with Gasteiger partial charge in [0.15, 0.2) is 0 Å². The predicted molar refractivity (Wildman–Crippen MR) is 120 cm³/mol. The highest BCUT2D eigenvalue weighted by molar-refractivity contribution is 7.99. The summed E-state index contributed by atoms with van der Waals surface area (Å²) in [6, 6.07) is 14.9. The molecule has 3 rings (SSSR count). The van der Waals surface area contributed by atoms with Crippen molar-refractivity contribution >= 4 is 58.9 Å². The maximum Gasteiger partial charge on any atom is 0.264 e. The summed E-state index contributed by atoms with van der Waals surface area (Å²) in [7, 11) is 0. The van der Waals surface area contributed by atoms with Crippen molar-refractivity contribution in [2.24, 2.45) is 5.10 Å². The van der Waals surface area contributed by atoms with Gasteiger partial charge in [0.05, 0.1) is 17.7 Å². The summed E-state index contributed by atoms with van der Waals surface area (Å²) in [6.45, 7) is 0. The lowest BCUT2D eigenvalue weighted by Gasteiger charge is -2.08. The Bertz CT molecular complexity index is 1020. The lowest BCUT2D eigenvalue weighted by molar-refractivity contribution is -0.113. The quantitative estimate of drug-likeness (QED) is 0.209. The Kier molecular flexibility index (Phi) is 7.39. The van der Waals surface area contributed by atoms with Gasteiger partial charge in [-0.05, 0) is 36.1 Å². The minimum Gasteiger partial charge on any atom is -0.334 e. The molecule has 0 bridgehead atoms. The molecule has 0 unspecified atom stereocenters. The van der Waals surface area contributed by atoms with Crippen molar-refractivity contribution in [3.05, 3.63) is 59.1 Å². The third-order valence-electron chi connectivity index (χ3n) is 3.60. The Labute approximate surface area is 181 Å². The fourth-order valence-corrected chi connectivity index (χ4v) is 3.68. The largest absolute Gasteiger partial charge is 0.334 e. The molecule has 8 nitrogen and oxygen atoms in total. The van der Waals surface area contributed by atoms with Gasteiger partial charge in [-0.3, -0.25) is 4.79 Å². The Hall–Kier alpha value is -2.69. The van der Waals surface area contributed by atoms with Crippen molar-refractivity contribution in [2.45, 2.75) is 10.1 Å². The first-order valence-electron chi connectivity index (χ1n) is 8.37. The molecule has 2 aromatic carbocycles. The lowest BCUT2D eigenvalue weighted by Crippen LogP contribution is -2.17. The second kappa shape index (κ2) is 10.2. The number of nitrogens with one attached hydrogen (secondary N) is 2. The molecule has 0 saturated heterocycles. The fraction of sp³-hybridized carbons (Fsp3) is 0.111. The third-order valence-corrected chi connectivity index (χ3v) is 5.58. The van der Waals surface area contributed by atoms with E-state index in [2.05, 4.69) is 26.0 Å². The van der Waals surface area contributed by atoms with Gasteiger partial charge in [0.2, 0.25) is 11.1 Å². The van der Waals surface area contributed by atoms with Crippen LogP contribution < -0.4 is 16.6 Å². The second-order valence-electron chi connectivity index (χ2n) is 5.64. The van der Waals surface area contributed by atoms with Crippen LogP contribution in [0.1, 0.15) is 5.56 Å². The summed E-state index contributed by atoms with van der Waals surface area (Å²) in [5, 5.41) is 15.9. The van der Waals surface area contributed by atoms with E-state index in [4.69, 9.17) is 17.4 Å². The molecule has 0 radical (unpaired) electrons. The number of hydrogen-bond acceptors (Lipinski definition) is 8. The van der Waals surface area contributed by atoms with Gasteiger partial charge < -0.3 is 11.2 Å². The van der Waals surface area contributed by atoms with E-state index in [0.29, 0.717) is 10.2 Å². The summed E-state index contributed by atoms with van der Waals surface area (Å²) < 4.78 is 1.24. The highest BCUT2D eigenvalue weighted by Gasteiger charge is 2.13. The molecule has 0 aliphatic heterocycles. The summed E-state index contributed by atoms with van der Waals surface area (Å²) in [5.41, 5.74) is 4.32. The Morgan fingerprint density at radius 3 is 2.90 bits per heavy atom. The molecule has 0 spiro atoms. The Morgan fingerprint density at radius 2 is 2.10 bits per heavy atom. The van der Waals surface area contributed by atoms with E-state index in [9.17, 15) is 4.79 Å². The predicted octanol–water partition coefficient (Wildman–Crippen LogP) is 3.54. The molecule has 0 aliphatic carbocycles. The van der Waals surface area contributed by atoms with Crippen LogP contribution >= 0.6 is 35.1 Å². The van der Waals surface area contributed by atoms with Gasteiger partial charge in [0.1, 0.15) is 0 Å². The van der Waals surface area contributed by atoms with Crippen LogP contribution in [-0.2, 0) is 4.79 Å². The van der Waals surface area contributed by atoms with Crippen LogP contribution in [0.3, 0.4) is 0 Å². The molecule has 1 heterocycles. The number of hydrazone groups is 1. The molecule has 0 aliphatic rings. The normalized spacial score (nSPS) is 11.0. The molecule has 0 fully saturated rings. The van der Waals surface area contributed by atoms with Gasteiger partial charge in [0.25, 0.3) is 5.95 Å². The summed E-state index contributed by atoms with van der Waals surface area (Å²) in [4.78, 5) is 13.2. The van der Waals surface area contributed by atoms with Crippen LogP contribution in [0.2, 0.25) is 5.02 Å². The number of carbonyl (C=O) groups is 1. The minimum atomic E-state index is -0.159. The highest BCUT2D eigenvalue weighted by Crippen LogP contribution is 2.25. The first kappa shape index (κ1) is 21.0. The number of hydrogen-bond donors (Lipinski definition) is 3. The van der Waals surface area contributed by atoms with Crippen molar-refractivity contribution in [1.29, 1.82) is 0 Å². The molecule has 29 heavy (non-hydrogen) atoms. The maximum absolute atomic E-state index is 12.2. The van der Waals surface area contributed by atoms with Crippen LogP contribution in [0.15, 0.2) is 63.7 Å². The summed E-state index contributed by atoms with van der Waals surface area (Å²) in [6.07, 6.45) is 3.55. The molecule has 0 saturated carbocycles. The van der Waals surface area contributed by atoms with Gasteiger partial charge in [-0.1, -0.05) is 47.6 Å². The number of benzene rings is 2. The van der Waals surface area contributed by atoms with Crippen LogP contribution in [-0.4, -0.2) is 39.0 Å². The van der Waals surface area contributed by atoms with E-state index < -0.39 is 0 Å². The zero-order valence-electron chi connectivity index (χ0n) is 15.4. The average Bonchev–Trinajstić information content (AvgIpc) is 3.06. The number of rotatable bonds is 8. The number of para-hydroxylation sites is 1. The third kappa shape index (κ3) is 5.89. The molecule has 1 aromatic heterocycles. The van der Waals surface area contributed by atoms with Crippen molar-refractivity contribution < 1.29 is 4.79 Å². The van der Waals surface area contributed by atoms with E-state index in [1.54, 1.807) is 30.1 Å². The van der Waals surface area contributed by atoms with Gasteiger partial charge in [-0.25, -0.2) is 10.1 Å². The molecular weight excluding hydrogens is 430 g/mol. The topological polar surface area (TPSA) is 110 Å². The number of aromatic nitrogens is 3. The number of nitrogens with two attached hydrogens (primary N) is 1. The van der Waals surface area contributed by atoms with E-state index in [0.717, 1.165) is 16.1 Å². The molecule has 11 heteroatoms. The van der Waals surface area contributed by atoms with Gasteiger partial charge >= 0.3 is 0 Å². The molecule has 0 atom stereocenters. The van der Waals surface area contributed by atoms with Crippen LogP contribution in [0, 0.1) is 0 Å². The van der Waals surface area contributed by atoms with Crippen molar-refractivity contribution in [1.82, 2.24) is 14.9 Å². The number of halogens is 1. The maximum atomic E-state index is 12.2. The number of anilines is 2. The Morgan fingerprint density at radius 1 is 1.28 bits per heavy atom. The number of amides is 1. The number of carbonyl (C=O) groups excluding carboxylic acids is 1. The first-order chi connectivity index (χ1) is 14.1. The molecular formula is C18H18ClN7OS2. The van der Waals surface area contributed by atoms with Crippen LogP contribution in [0.5, 0.6) is 0 Å². The first-order valence-corrected chi connectivity index (χ1v) is 11.0. The Balaban J connectivity index is 1.54. The smallest absolute Gasteiger partial charge is 0.264 e.